The Bertz CT molecular complexity index is 1040. The van der Waals surface area contributed by atoms with Crippen molar-refractivity contribution in [2.75, 3.05) is 11.9 Å². The first-order chi connectivity index (χ1) is 14.7. The van der Waals surface area contributed by atoms with Crippen LogP contribution in [0.1, 0.15) is 36.5 Å². The van der Waals surface area contributed by atoms with Gasteiger partial charge in [-0.1, -0.05) is 11.6 Å². The van der Waals surface area contributed by atoms with E-state index in [9.17, 15) is 18.8 Å². The third kappa shape index (κ3) is 4.49. The quantitative estimate of drug-likeness (QED) is 0.610. The van der Waals surface area contributed by atoms with E-state index >= 15 is 0 Å². The molecule has 0 spiro atoms. The number of nitrogens with one attached hydrogen (secondary N) is 3. The lowest BCUT2D eigenvalue weighted by Gasteiger charge is -2.70. The number of carbonyl (C=O) groups excluding carboxylic acids is 3. The molecule has 3 amide bonds. The summed E-state index contributed by atoms with van der Waals surface area (Å²) in [4.78, 5) is 35.8. The molecule has 0 unspecified atom stereocenters. The molecule has 5 rings (SSSR count). The maximum absolute atomic E-state index is 13.4. The predicted octanol–water partition coefficient (Wildman–Crippen LogP) is 3.04. The van der Waals surface area contributed by atoms with Crippen LogP contribution in [0.15, 0.2) is 42.5 Å². The van der Waals surface area contributed by atoms with Gasteiger partial charge in [-0.05, 0) is 55.7 Å². The number of rotatable bonds is 7. The Morgan fingerprint density at radius 2 is 1.68 bits per heavy atom. The summed E-state index contributed by atoms with van der Waals surface area (Å²) in [7, 11) is 0. The van der Waals surface area contributed by atoms with Crippen molar-refractivity contribution in [2.24, 2.45) is 0 Å². The molecule has 0 saturated heterocycles. The molecule has 162 valence electrons. The Morgan fingerprint density at radius 3 is 2.29 bits per heavy atom. The van der Waals surface area contributed by atoms with E-state index in [1.807, 2.05) is 0 Å². The Hall–Kier alpha value is -3.13. The minimum Gasteiger partial charge on any atom is -0.484 e. The second-order valence-corrected chi connectivity index (χ2v) is 8.62. The summed E-state index contributed by atoms with van der Waals surface area (Å²) in [5.41, 5.74) is 0.495. The van der Waals surface area contributed by atoms with Crippen LogP contribution < -0.4 is 20.7 Å². The Kier molecular flexibility index (Phi) is 5.35. The smallest absolute Gasteiger partial charge is 0.258 e. The van der Waals surface area contributed by atoms with Gasteiger partial charge in [0, 0.05) is 35.3 Å². The first kappa shape index (κ1) is 21.1. The number of benzene rings is 2. The van der Waals surface area contributed by atoms with Gasteiger partial charge in [-0.15, -0.1) is 0 Å². The molecule has 3 N–H and O–H groups in total. The molecule has 0 heterocycles. The number of amides is 3. The maximum Gasteiger partial charge on any atom is 0.258 e. The zero-order valence-corrected chi connectivity index (χ0v) is 17.5. The molecule has 0 radical (unpaired) electrons. The fourth-order valence-corrected chi connectivity index (χ4v) is 4.44. The average Bonchev–Trinajstić information content (AvgIpc) is 2.66. The molecule has 7 nitrogen and oxygen atoms in total. The minimum absolute atomic E-state index is 0.0123. The van der Waals surface area contributed by atoms with Crippen LogP contribution in [-0.2, 0) is 9.59 Å². The highest BCUT2D eigenvalue weighted by Crippen LogP contribution is 2.60. The third-order valence-electron chi connectivity index (χ3n) is 5.54. The van der Waals surface area contributed by atoms with E-state index in [-0.39, 0.29) is 46.2 Å². The summed E-state index contributed by atoms with van der Waals surface area (Å²) >= 11 is 5.62. The molecule has 3 aliphatic carbocycles. The van der Waals surface area contributed by atoms with Crippen LogP contribution in [-0.4, -0.2) is 35.4 Å². The molecule has 0 atom stereocenters. The fourth-order valence-electron chi connectivity index (χ4n) is 4.32. The molecular formula is C22H21ClFN3O4. The van der Waals surface area contributed by atoms with E-state index in [2.05, 4.69) is 16.0 Å². The normalized spacial score (nSPS) is 23.1. The van der Waals surface area contributed by atoms with Gasteiger partial charge in [0.2, 0.25) is 5.91 Å². The second-order valence-electron chi connectivity index (χ2n) is 8.22. The van der Waals surface area contributed by atoms with Crippen molar-refractivity contribution >= 4 is 35.0 Å². The number of hydrogen-bond donors (Lipinski definition) is 3. The van der Waals surface area contributed by atoms with Crippen molar-refractivity contribution in [1.29, 1.82) is 0 Å². The van der Waals surface area contributed by atoms with Crippen molar-refractivity contribution in [1.82, 2.24) is 10.6 Å². The molecule has 31 heavy (non-hydrogen) atoms. The van der Waals surface area contributed by atoms with E-state index in [0.29, 0.717) is 30.5 Å². The molecule has 0 aliphatic heterocycles. The van der Waals surface area contributed by atoms with Crippen LogP contribution in [0.25, 0.3) is 0 Å². The maximum atomic E-state index is 13.4. The number of ether oxygens (including phenoxy) is 1. The number of carbonyl (C=O) groups is 3. The van der Waals surface area contributed by atoms with E-state index < -0.39 is 5.82 Å². The average molecular weight is 446 g/mol. The Balaban J connectivity index is 1.23. The first-order valence-electron chi connectivity index (χ1n) is 9.77. The topological polar surface area (TPSA) is 96.5 Å². The van der Waals surface area contributed by atoms with Crippen molar-refractivity contribution in [3.63, 3.8) is 0 Å². The van der Waals surface area contributed by atoms with E-state index in [4.69, 9.17) is 16.3 Å². The van der Waals surface area contributed by atoms with Gasteiger partial charge < -0.3 is 20.7 Å². The zero-order chi connectivity index (χ0) is 22.2. The van der Waals surface area contributed by atoms with Gasteiger partial charge >= 0.3 is 0 Å². The van der Waals surface area contributed by atoms with Gasteiger partial charge in [0.25, 0.3) is 11.8 Å². The molecule has 3 saturated carbocycles. The summed E-state index contributed by atoms with van der Waals surface area (Å²) < 4.78 is 18.7. The Labute approximate surface area is 183 Å². The van der Waals surface area contributed by atoms with Gasteiger partial charge in [0.15, 0.2) is 6.61 Å². The summed E-state index contributed by atoms with van der Waals surface area (Å²) in [5, 5.41) is 8.62. The Morgan fingerprint density at radius 1 is 1.03 bits per heavy atom. The molecule has 3 aliphatic rings. The minimum atomic E-state index is -0.610. The molecule has 9 heteroatoms. The monoisotopic (exact) mass is 445 g/mol. The molecule has 2 aromatic carbocycles. The number of anilines is 1. The lowest BCUT2D eigenvalue weighted by Crippen LogP contribution is -2.84. The van der Waals surface area contributed by atoms with E-state index in [0.717, 1.165) is 6.07 Å². The highest BCUT2D eigenvalue weighted by Gasteiger charge is 2.69. The highest BCUT2D eigenvalue weighted by molar-refractivity contribution is 6.30. The highest BCUT2D eigenvalue weighted by atomic mass is 35.5. The van der Waals surface area contributed by atoms with Gasteiger partial charge in [0.05, 0.1) is 5.02 Å². The molecular weight excluding hydrogens is 425 g/mol. The van der Waals surface area contributed by atoms with Crippen LogP contribution in [0.5, 0.6) is 5.75 Å². The summed E-state index contributed by atoms with van der Waals surface area (Å²) in [6.45, 7) is 1.18. The zero-order valence-electron chi connectivity index (χ0n) is 16.8. The van der Waals surface area contributed by atoms with Crippen LogP contribution in [0.3, 0.4) is 0 Å². The predicted molar refractivity (Wildman–Crippen MR) is 113 cm³/mol. The summed E-state index contributed by atoms with van der Waals surface area (Å²) in [5.74, 6) is -1.06. The summed E-state index contributed by atoms with van der Waals surface area (Å²) in [6, 6.07) is 10.6. The van der Waals surface area contributed by atoms with Crippen LogP contribution in [0.4, 0.5) is 10.1 Å². The lowest BCUT2D eigenvalue weighted by molar-refractivity contribution is -0.141. The largest absolute Gasteiger partial charge is 0.484 e. The van der Waals surface area contributed by atoms with Gasteiger partial charge in [-0.25, -0.2) is 4.39 Å². The number of hydrogen-bond acceptors (Lipinski definition) is 4. The standard InChI is InChI=1S/C22H21ClFN3O4/c1-13(28)25-15-4-2-14(3-5-15)20(30)27-22-10-21(11-22,12-22)26-19(29)9-31-16-6-7-17(23)18(24)8-16/h2-8H,9-12H2,1H3,(H,25,28)(H,26,29)(H,27,30). The van der Waals surface area contributed by atoms with Gasteiger partial charge in [-0.2, -0.15) is 0 Å². The van der Waals surface area contributed by atoms with Gasteiger partial charge in [0.1, 0.15) is 11.6 Å². The van der Waals surface area contributed by atoms with Crippen LogP contribution in [0, 0.1) is 5.82 Å². The van der Waals surface area contributed by atoms with Crippen molar-refractivity contribution in [3.8, 4) is 5.75 Å². The van der Waals surface area contributed by atoms with E-state index in [1.54, 1.807) is 24.3 Å². The van der Waals surface area contributed by atoms with E-state index in [1.165, 1.54) is 19.1 Å². The van der Waals surface area contributed by atoms with Gasteiger partial charge in [-0.3, -0.25) is 14.4 Å². The first-order valence-corrected chi connectivity index (χ1v) is 10.1. The molecule has 0 aromatic heterocycles. The molecule has 2 aromatic rings. The summed E-state index contributed by atoms with van der Waals surface area (Å²) in [6.07, 6.45) is 1.95. The van der Waals surface area contributed by atoms with Crippen molar-refractivity contribution in [3.05, 3.63) is 58.9 Å². The van der Waals surface area contributed by atoms with Crippen molar-refractivity contribution in [2.45, 2.75) is 37.3 Å². The van der Waals surface area contributed by atoms with Crippen molar-refractivity contribution < 1.29 is 23.5 Å². The third-order valence-corrected chi connectivity index (χ3v) is 5.85. The fraction of sp³-hybridized carbons (Fsp3) is 0.318. The molecule has 2 bridgehead atoms. The second kappa shape index (κ2) is 7.85. The van der Waals surface area contributed by atoms with Crippen LogP contribution in [0.2, 0.25) is 5.02 Å². The lowest BCUT2D eigenvalue weighted by atomic mass is 9.44. The molecule has 3 fully saturated rings. The SMILES string of the molecule is CC(=O)Nc1ccc(C(=O)NC23CC(NC(=O)COc4ccc(Cl)c(F)c4)(C2)C3)cc1. The number of halogens is 2. The van der Waals surface area contributed by atoms with Crippen LogP contribution >= 0.6 is 11.6 Å².